The summed E-state index contributed by atoms with van der Waals surface area (Å²) < 4.78 is 0.822. The van der Waals surface area contributed by atoms with Gasteiger partial charge in [0, 0.05) is 22.7 Å². The van der Waals surface area contributed by atoms with Gasteiger partial charge in [0.05, 0.1) is 5.56 Å². The van der Waals surface area contributed by atoms with Crippen LogP contribution < -0.4 is 16.8 Å². The number of nitrogens with one attached hydrogen (secondary N) is 1. The van der Waals surface area contributed by atoms with E-state index in [0.29, 0.717) is 17.8 Å². The molecule has 1 aromatic rings. The van der Waals surface area contributed by atoms with Crippen molar-refractivity contribution in [1.29, 1.82) is 0 Å². The smallest absolute Gasteiger partial charge is 0.250 e. The number of amides is 1. The predicted octanol–water partition coefficient (Wildman–Crippen LogP) is 1.31. The SMILES string of the molecule is CC(N)CNc1ccc(Br)cc1C(N)=O. The van der Waals surface area contributed by atoms with Crippen LogP contribution in [0.3, 0.4) is 0 Å². The highest BCUT2D eigenvalue weighted by molar-refractivity contribution is 9.10. The van der Waals surface area contributed by atoms with Gasteiger partial charge in [-0.3, -0.25) is 4.79 Å². The number of hydrogen-bond acceptors (Lipinski definition) is 3. The Morgan fingerprint density at radius 1 is 1.60 bits per heavy atom. The minimum absolute atomic E-state index is 0.0226. The maximum absolute atomic E-state index is 11.1. The van der Waals surface area contributed by atoms with Crippen molar-refractivity contribution in [1.82, 2.24) is 0 Å². The van der Waals surface area contributed by atoms with E-state index >= 15 is 0 Å². The number of anilines is 1. The van der Waals surface area contributed by atoms with Crippen molar-refractivity contribution in [2.45, 2.75) is 13.0 Å². The third-order valence-electron chi connectivity index (χ3n) is 1.86. The van der Waals surface area contributed by atoms with Crippen LogP contribution in [0.25, 0.3) is 0 Å². The number of carbonyl (C=O) groups excluding carboxylic acids is 1. The Balaban J connectivity index is 2.91. The molecule has 5 N–H and O–H groups in total. The highest BCUT2D eigenvalue weighted by Gasteiger charge is 2.08. The van der Waals surface area contributed by atoms with Gasteiger partial charge in [-0.2, -0.15) is 0 Å². The molecular formula is C10H14BrN3O. The van der Waals surface area contributed by atoms with Gasteiger partial charge in [-0.1, -0.05) is 15.9 Å². The average molecular weight is 272 g/mol. The van der Waals surface area contributed by atoms with Crippen molar-refractivity contribution in [2.24, 2.45) is 11.5 Å². The average Bonchev–Trinajstić information content (AvgIpc) is 2.15. The Hall–Kier alpha value is -1.07. The lowest BCUT2D eigenvalue weighted by Gasteiger charge is -2.12. The molecule has 0 aromatic heterocycles. The van der Waals surface area contributed by atoms with Gasteiger partial charge in [0.25, 0.3) is 5.91 Å². The van der Waals surface area contributed by atoms with Gasteiger partial charge in [-0.25, -0.2) is 0 Å². The summed E-state index contributed by atoms with van der Waals surface area (Å²) in [4.78, 5) is 11.1. The molecule has 1 rings (SSSR count). The first-order valence-electron chi connectivity index (χ1n) is 4.59. The van der Waals surface area contributed by atoms with Crippen LogP contribution in [0.1, 0.15) is 17.3 Å². The van der Waals surface area contributed by atoms with E-state index in [1.807, 2.05) is 13.0 Å². The molecule has 0 aliphatic heterocycles. The number of hydrogen-bond donors (Lipinski definition) is 3. The summed E-state index contributed by atoms with van der Waals surface area (Å²) in [6.45, 7) is 2.48. The van der Waals surface area contributed by atoms with Crippen LogP contribution in [0, 0.1) is 0 Å². The first-order valence-corrected chi connectivity index (χ1v) is 5.39. The molecule has 0 saturated carbocycles. The number of nitrogens with two attached hydrogens (primary N) is 2. The molecule has 1 atom stereocenters. The Labute approximate surface area is 97.1 Å². The molecule has 0 saturated heterocycles. The van der Waals surface area contributed by atoms with Crippen molar-refractivity contribution in [2.75, 3.05) is 11.9 Å². The van der Waals surface area contributed by atoms with Gasteiger partial charge in [-0.05, 0) is 25.1 Å². The van der Waals surface area contributed by atoms with E-state index in [1.165, 1.54) is 0 Å². The largest absolute Gasteiger partial charge is 0.383 e. The molecule has 1 unspecified atom stereocenters. The monoisotopic (exact) mass is 271 g/mol. The zero-order valence-corrected chi connectivity index (χ0v) is 10.0. The van der Waals surface area contributed by atoms with Gasteiger partial charge in [-0.15, -0.1) is 0 Å². The van der Waals surface area contributed by atoms with Gasteiger partial charge in [0.2, 0.25) is 0 Å². The van der Waals surface area contributed by atoms with Crippen molar-refractivity contribution in [3.05, 3.63) is 28.2 Å². The first kappa shape index (κ1) is 12.0. The molecule has 0 radical (unpaired) electrons. The zero-order chi connectivity index (χ0) is 11.4. The summed E-state index contributed by atoms with van der Waals surface area (Å²) in [5.41, 5.74) is 12.0. The van der Waals surface area contributed by atoms with Crippen LogP contribution in [0.4, 0.5) is 5.69 Å². The fraction of sp³-hybridized carbons (Fsp3) is 0.300. The molecule has 0 fully saturated rings. The van der Waals surface area contributed by atoms with E-state index < -0.39 is 5.91 Å². The minimum atomic E-state index is -0.455. The number of rotatable bonds is 4. The Morgan fingerprint density at radius 2 is 2.27 bits per heavy atom. The summed E-state index contributed by atoms with van der Waals surface area (Å²) in [5.74, 6) is -0.455. The topological polar surface area (TPSA) is 81.1 Å². The Bertz CT molecular complexity index is 366. The third-order valence-corrected chi connectivity index (χ3v) is 2.35. The molecule has 1 amide bonds. The quantitative estimate of drug-likeness (QED) is 0.772. The summed E-state index contributed by atoms with van der Waals surface area (Å²) in [5, 5.41) is 3.07. The lowest BCUT2D eigenvalue weighted by molar-refractivity contribution is 0.100. The van der Waals surface area contributed by atoms with Crippen molar-refractivity contribution in [3.8, 4) is 0 Å². The lowest BCUT2D eigenvalue weighted by atomic mass is 10.1. The molecule has 0 aliphatic carbocycles. The molecule has 82 valence electrons. The molecule has 0 heterocycles. The maximum atomic E-state index is 11.1. The lowest BCUT2D eigenvalue weighted by Crippen LogP contribution is -2.26. The van der Waals surface area contributed by atoms with Gasteiger partial charge < -0.3 is 16.8 Å². The van der Waals surface area contributed by atoms with Crippen LogP contribution in [-0.4, -0.2) is 18.5 Å². The van der Waals surface area contributed by atoms with E-state index in [0.717, 1.165) is 4.47 Å². The molecule has 0 aliphatic rings. The number of carbonyl (C=O) groups is 1. The summed E-state index contributed by atoms with van der Waals surface area (Å²) in [7, 11) is 0. The maximum Gasteiger partial charge on any atom is 0.250 e. The van der Waals surface area contributed by atoms with E-state index in [2.05, 4.69) is 21.2 Å². The van der Waals surface area contributed by atoms with Crippen LogP contribution in [0.15, 0.2) is 22.7 Å². The molecule has 1 aromatic carbocycles. The summed E-state index contributed by atoms with van der Waals surface area (Å²) in [6, 6.07) is 5.35. The Kier molecular flexibility index (Phi) is 4.11. The molecule has 5 heteroatoms. The highest BCUT2D eigenvalue weighted by Crippen LogP contribution is 2.20. The number of primary amides is 1. The second-order valence-corrected chi connectivity index (χ2v) is 4.33. The highest BCUT2D eigenvalue weighted by atomic mass is 79.9. The van der Waals surface area contributed by atoms with Crippen LogP contribution in [0.2, 0.25) is 0 Å². The van der Waals surface area contributed by atoms with Crippen molar-refractivity contribution in [3.63, 3.8) is 0 Å². The van der Waals surface area contributed by atoms with Gasteiger partial charge in [0.1, 0.15) is 0 Å². The number of halogens is 1. The normalized spacial score (nSPS) is 12.2. The molecule has 0 spiro atoms. The standard InChI is InChI=1S/C10H14BrN3O/c1-6(12)5-14-9-3-2-7(11)4-8(9)10(13)15/h2-4,6,14H,5,12H2,1H3,(H2,13,15). The van der Waals surface area contributed by atoms with Crippen LogP contribution in [-0.2, 0) is 0 Å². The van der Waals surface area contributed by atoms with Crippen molar-refractivity contribution >= 4 is 27.5 Å². The predicted molar refractivity (Wildman–Crippen MR) is 64.8 cm³/mol. The summed E-state index contributed by atoms with van der Waals surface area (Å²) in [6.07, 6.45) is 0. The van der Waals surface area contributed by atoms with Gasteiger partial charge >= 0.3 is 0 Å². The first-order chi connectivity index (χ1) is 7.00. The van der Waals surface area contributed by atoms with Crippen molar-refractivity contribution < 1.29 is 4.79 Å². The fourth-order valence-corrected chi connectivity index (χ4v) is 1.51. The van der Waals surface area contributed by atoms with Crippen LogP contribution in [0.5, 0.6) is 0 Å². The molecule has 15 heavy (non-hydrogen) atoms. The van der Waals surface area contributed by atoms with E-state index in [9.17, 15) is 4.79 Å². The molecule has 0 bridgehead atoms. The second-order valence-electron chi connectivity index (χ2n) is 3.41. The fourth-order valence-electron chi connectivity index (χ4n) is 1.15. The second kappa shape index (κ2) is 5.14. The van der Waals surface area contributed by atoms with E-state index in [-0.39, 0.29) is 6.04 Å². The van der Waals surface area contributed by atoms with E-state index in [4.69, 9.17) is 11.5 Å². The molecule has 4 nitrogen and oxygen atoms in total. The third kappa shape index (κ3) is 3.53. The zero-order valence-electron chi connectivity index (χ0n) is 8.46. The number of benzene rings is 1. The Morgan fingerprint density at radius 3 is 2.80 bits per heavy atom. The van der Waals surface area contributed by atoms with Gasteiger partial charge in [0.15, 0.2) is 0 Å². The minimum Gasteiger partial charge on any atom is -0.383 e. The molecular weight excluding hydrogens is 258 g/mol. The summed E-state index contributed by atoms with van der Waals surface area (Å²) >= 11 is 3.28. The van der Waals surface area contributed by atoms with Crippen LogP contribution >= 0.6 is 15.9 Å². The van der Waals surface area contributed by atoms with E-state index in [1.54, 1.807) is 12.1 Å².